The van der Waals surface area contributed by atoms with Gasteiger partial charge in [0.05, 0.1) is 12.7 Å². The van der Waals surface area contributed by atoms with E-state index in [1.807, 2.05) is 12.0 Å². The lowest BCUT2D eigenvalue weighted by molar-refractivity contribution is -0.155. The first-order valence-corrected chi connectivity index (χ1v) is 10.6. The number of carbonyl (C=O) groups excluding carboxylic acids is 2. The predicted octanol–water partition coefficient (Wildman–Crippen LogP) is 3.54. The number of benzene rings is 1. The van der Waals surface area contributed by atoms with Gasteiger partial charge in [0.1, 0.15) is 11.3 Å². The molecule has 1 aliphatic carbocycles. The number of ether oxygens (including phenoxy) is 1. The Labute approximate surface area is 177 Å². The largest absolute Gasteiger partial charge is 0.424 e. The summed E-state index contributed by atoms with van der Waals surface area (Å²) in [4.78, 5) is 31.1. The molecule has 0 aromatic heterocycles. The summed E-state index contributed by atoms with van der Waals surface area (Å²) >= 11 is 0. The Bertz CT molecular complexity index is 950. The minimum absolute atomic E-state index is 0.181. The van der Waals surface area contributed by atoms with Crippen molar-refractivity contribution in [1.29, 1.82) is 0 Å². The first-order chi connectivity index (χ1) is 14.3. The van der Waals surface area contributed by atoms with Crippen molar-refractivity contribution in [2.75, 3.05) is 20.2 Å². The second-order valence-corrected chi connectivity index (χ2v) is 8.82. The monoisotopic (exact) mass is 410 g/mol. The van der Waals surface area contributed by atoms with Crippen molar-refractivity contribution >= 4 is 17.4 Å². The number of piperidine rings is 1. The molecule has 0 bridgehead atoms. The van der Waals surface area contributed by atoms with Gasteiger partial charge in [0.25, 0.3) is 5.91 Å². The first-order valence-electron chi connectivity index (χ1n) is 10.6. The highest BCUT2D eigenvalue weighted by molar-refractivity contribution is 6.24. The minimum atomic E-state index is -0.705. The Morgan fingerprint density at radius 2 is 1.87 bits per heavy atom. The fourth-order valence-electron chi connectivity index (χ4n) is 4.63. The molecule has 1 amide bonds. The van der Waals surface area contributed by atoms with Gasteiger partial charge in [0, 0.05) is 18.7 Å². The lowest BCUT2D eigenvalue weighted by Crippen LogP contribution is -2.53. The van der Waals surface area contributed by atoms with Gasteiger partial charge in [-0.25, -0.2) is 4.79 Å². The van der Waals surface area contributed by atoms with Gasteiger partial charge in [-0.1, -0.05) is 18.7 Å². The number of esters is 1. The van der Waals surface area contributed by atoms with Crippen molar-refractivity contribution in [3.05, 3.63) is 52.3 Å². The fraction of sp³-hybridized carbons (Fsp3) is 0.500. The van der Waals surface area contributed by atoms with Crippen LogP contribution in [0.5, 0.6) is 0 Å². The molecule has 1 saturated carbocycles. The Morgan fingerprint density at radius 1 is 1.20 bits per heavy atom. The highest BCUT2D eigenvalue weighted by atomic mass is 16.7. The topological polar surface area (TPSA) is 67.9 Å². The third-order valence-corrected chi connectivity index (χ3v) is 6.52. The van der Waals surface area contributed by atoms with Gasteiger partial charge >= 0.3 is 5.97 Å². The number of amides is 1. The number of hydroxylamine groups is 2. The Hall–Kier alpha value is -2.44. The van der Waals surface area contributed by atoms with E-state index in [1.54, 1.807) is 14.0 Å². The van der Waals surface area contributed by atoms with E-state index in [-0.39, 0.29) is 5.91 Å². The number of rotatable bonds is 5. The van der Waals surface area contributed by atoms with Crippen LogP contribution in [0.15, 0.2) is 30.0 Å². The molecule has 0 atom stereocenters. The molecule has 30 heavy (non-hydrogen) atoms. The third kappa shape index (κ3) is 3.59. The van der Waals surface area contributed by atoms with E-state index in [1.165, 1.54) is 24.0 Å². The summed E-state index contributed by atoms with van der Waals surface area (Å²) in [6.45, 7) is 10.7. The van der Waals surface area contributed by atoms with Crippen LogP contribution >= 0.6 is 0 Å². The summed E-state index contributed by atoms with van der Waals surface area (Å²) in [5, 5.41) is 5.02. The molecule has 1 spiro atoms. The molecule has 2 fully saturated rings. The molecule has 0 unspecified atom stereocenters. The molecule has 1 aromatic rings. The van der Waals surface area contributed by atoms with Crippen LogP contribution < -0.4 is 5.32 Å². The van der Waals surface area contributed by atoms with Gasteiger partial charge in [0.2, 0.25) is 0 Å². The second kappa shape index (κ2) is 7.67. The van der Waals surface area contributed by atoms with Crippen LogP contribution in [0.25, 0.3) is 5.57 Å². The second-order valence-electron chi connectivity index (χ2n) is 8.82. The highest BCUT2D eigenvalue weighted by Crippen LogP contribution is 2.46. The molecular weight excluding hydrogens is 380 g/mol. The Kier molecular flexibility index (Phi) is 5.32. The predicted molar refractivity (Wildman–Crippen MR) is 114 cm³/mol. The summed E-state index contributed by atoms with van der Waals surface area (Å²) in [5.41, 5.74) is 4.49. The van der Waals surface area contributed by atoms with Gasteiger partial charge in [-0.2, -0.15) is 5.06 Å². The molecule has 1 N–H and O–H groups in total. The zero-order valence-electron chi connectivity index (χ0n) is 18.3. The van der Waals surface area contributed by atoms with Crippen LogP contribution in [0.4, 0.5) is 0 Å². The lowest BCUT2D eigenvalue weighted by Gasteiger charge is -2.39. The maximum atomic E-state index is 13.3. The average molecular weight is 411 g/mol. The summed E-state index contributed by atoms with van der Waals surface area (Å²) in [6, 6.07) is 4.27. The van der Waals surface area contributed by atoms with Crippen LogP contribution in [0, 0.1) is 13.8 Å². The SMILES string of the molecule is C=C(C)C(=O)OC1=C(c2cc(C3CC3)c(C)cc2C)C(=O)NC12CCN(OC)CC2. The van der Waals surface area contributed by atoms with Gasteiger partial charge < -0.3 is 14.9 Å². The molecule has 2 heterocycles. The molecule has 2 aliphatic heterocycles. The van der Waals surface area contributed by atoms with Crippen molar-refractivity contribution in [3.8, 4) is 0 Å². The number of carbonyl (C=O) groups is 2. The van der Waals surface area contributed by atoms with Gasteiger partial charge in [-0.05, 0) is 74.6 Å². The summed E-state index contributed by atoms with van der Waals surface area (Å²) < 4.78 is 5.87. The van der Waals surface area contributed by atoms with E-state index in [4.69, 9.17) is 9.57 Å². The Balaban J connectivity index is 1.84. The average Bonchev–Trinajstić information content (AvgIpc) is 3.50. The van der Waals surface area contributed by atoms with Crippen molar-refractivity contribution in [3.63, 3.8) is 0 Å². The molecule has 160 valence electrons. The smallest absolute Gasteiger partial charge is 0.338 e. The molecule has 1 aromatic carbocycles. The van der Waals surface area contributed by atoms with Crippen molar-refractivity contribution in [2.24, 2.45) is 0 Å². The molecule has 4 rings (SSSR count). The molecule has 6 nitrogen and oxygen atoms in total. The zero-order valence-corrected chi connectivity index (χ0v) is 18.3. The molecule has 1 saturated heterocycles. The third-order valence-electron chi connectivity index (χ3n) is 6.52. The van der Waals surface area contributed by atoms with Crippen LogP contribution in [0.1, 0.15) is 60.8 Å². The van der Waals surface area contributed by atoms with E-state index in [9.17, 15) is 9.59 Å². The number of nitrogens with zero attached hydrogens (tertiary/aromatic N) is 1. The van der Waals surface area contributed by atoms with Crippen molar-refractivity contribution in [2.45, 2.75) is 57.9 Å². The standard InChI is InChI=1S/C24H30N2O4/c1-14(2)23(28)30-21-20(19-13-18(17-6-7-17)15(3)12-16(19)4)22(27)25-24(21)8-10-26(29-5)11-9-24/h12-13,17H,1,6-11H2,2-5H3,(H,25,27). The van der Waals surface area contributed by atoms with Crippen LogP contribution in [0.2, 0.25) is 0 Å². The Morgan fingerprint density at radius 3 is 2.43 bits per heavy atom. The van der Waals surface area contributed by atoms with Crippen molar-refractivity contribution < 1.29 is 19.2 Å². The zero-order chi connectivity index (χ0) is 21.6. The van der Waals surface area contributed by atoms with Crippen LogP contribution in [-0.2, 0) is 19.2 Å². The van der Waals surface area contributed by atoms with Crippen molar-refractivity contribution in [1.82, 2.24) is 10.4 Å². The molecule has 0 radical (unpaired) electrons. The maximum absolute atomic E-state index is 13.3. The molecular formula is C24H30N2O4. The molecule has 6 heteroatoms. The number of aryl methyl sites for hydroxylation is 2. The van der Waals surface area contributed by atoms with Crippen LogP contribution in [0.3, 0.4) is 0 Å². The normalized spacial score (nSPS) is 21.1. The van der Waals surface area contributed by atoms with Crippen LogP contribution in [-0.4, -0.2) is 42.7 Å². The summed E-state index contributed by atoms with van der Waals surface area (Å²) in [7, 11) is 1.64. The number of hydrogen-bond acceptors (Lipinski definition) is 5. The highest BCUT2D eigenvalue weighted by Gasteiger charge is 2.50. The number of hydrogen-bond donors (Lipinski definition) is 1. The van der Waals surface area contributed by atoms with E-state index >= 15 is 0 Å². The quantitative estimate of drug-likeness (QED) is 0.594. The summed E-state index contributed by atoms with van der Waals surface area (Å²) in [5.74, 6) is 0.318. The lowest BCUT2D eigenvalue weighted by atomic mass is 9.85. The summed E-state index contributed by atoms with van der Waals surface area (Å²) in [6.07, 6.45) is 3.58. The van der Waals surface area contributed by atoms with E-state index in [0.717, 1.165) is 11.1 Å². The maximum Gasteiger partial charge on any atom is 0.338 e. The van der Waals surface area contributed by atoms with E-state index in [0.29, 0.717) is 48.8 Å². The first kappa shape index (κ1) is 20.8. The van der Waals surface area contributed by atoms with E-state index in [2.05, 4.69) is 31.0 Å². The van der Waals surface area contributed by atoms with Gasteiger partial charge in [-0.3, -0.25) is 4.79 Å². The minimum Gasteiger partial charge on any atom is -0.424 e. The number of nitrogens with one attached hydrogen (secondary N) is 1. The van der Waals surface area contributed by atoms with E-state index < -0.39 is 11.5 Å². The van der Waals surface area contributed by atoms with Gasteiger partial charge in [-0.15, -0.1) is 0 Å². The fourth-order valence-corrected chi connectivity index (χ4v) is 4.63. The van der Waals surface area contributed by atoms with Gasteiger partial charge in [0.15, 0.2) is 0 Å². The molecule has 3 aliphatic rings.